The van der Waals surface area contributed by atoms with Crippen LogP contribution in [-0.2, 0) is 6.54 Å². The van der Waals surface area contributed by atoms with E-state index in [9.17, 15) is 0 Å². The number of rotatable bonds is 6. The fraction of sp³-hybridized carbons (Fsp3) is 0.231. The maximum atomic E-state index is 5.63. The molecule has 0 bridgehead atoms. The molecule has 0 saturated heterocycles. The molecular formula is C13H13Br2NOS. The molecule has 2 rings (SSSR count). The Hall–Kier alpha value is -0.360. The van der Waals surface area contributed by atoms with Crippen LogP contribution in [0.2, 0.25) is 0 Å². The highest BCUT2D eigenvalue weighted by Gasteiger charge is 1.97. The number of nitrogens with one attached hydrogen (secondary N) is 1. The van der Waals surface area contributed by atoms with Crippen molar-refractivity contribution in [3.05, 3.63) is 49.5 Å². The van der Waals surface area contributed by atoms with Crippen LogP contribution in [0.15, 0.2) is 44.7 Å². The second kappa shape index (κ2) is 7.28. The van der Waals surface area contributed by atoms with Gasteiger partial charge in [0.1, 0.15) is 12.4 Å². The summed E-state index contributed by atoms with van der Waals surface area (Å²) >= 11 is 8.62. The first-order valence-electron chi connectivity index (χ1n) is 5.57. The molecule has 2 aromatic rings. The summed E-state index contributed by atoms with van der Waals surface area (Å²) in [6.45, 7) is 2.39. The fourth-order valence-corrected chi connectivity index (χ4v) is 3.29. The molecule has 1 aromatic heterocycles. The van der Waals surface area contributed by atoms with Gasteiger partial charge in [-0.25, -0.2) is 0 Å². The fourth-order valence-electron chi connectivity index (χ4n) is 1.46. The van der Waals surface area contributed by atoms with Gasteiger partial charge in [-0.05, 0) is 46.3 Å². The summed E-state index contributed by atoms with van der Waals surface area (Å²) in [5.74, 6) is 0.894. The van der Waals surface area contributed by atoms with E-state index in [4.69, 9.17) is 4.74 Å². The summed E-state index contributed by atoms with van der Waals surface area (Å²) in [6, 6.07) is 12.1. The molecule has 0 spiro atoms. The molecule has 0 atom stereocenters. The normalized spacial score (nSPS) is 10.6. The zero-order valence-corrected chi connectivity index (χ0v) is 13.6. The lowest BCUT2D eigenvalue weighted by atomic mass is 10.3. The molecule has 1 N–H and O–H groups in total. The minimum atomic E-state index is 0.670. The van der Waals surface area contributed by atoms with Crippen molar-refractivity contribution in [3.8, 4) is 5.75 Å². The van der Waals surface area contributed by atoms with E-state index < -0.39 is 0 Å². The molecule has 0 unspecified atom stereocenters. The topological polar surface area (TPSA) is 21.3 Å². The van der Waals surface area contributed by atoms with E-state index in [0.29, 0.717) is 6.61 Å². The van der Waals surface area contributed by atoms with Gasteiger partial charge in [-0.2, -0.15) is 0 Å². The number of halogens is 2. The lowest BCUT2D eigenvalue weighted by Gasteiger charge is -2.07. The first-order chi connectivity index (χ1) is 8.74. The van der Waals surface area contributed by atoms with Crippen LogP contribution in [0.1, 0.15) is 4.88 Å². The van der Waals surface area contributed by atoms with Crippen LogP contribution in [0.5, 0.6) is 5.75 Å². The lowest BCUT2D eigenvalue weighted by molar-refractivity contribution is 0.313. The molecule has 96 valence electrons. The van der Waals surface area contributed by atoms with Gasteiger partial charge in [-0.3, -0.25) is 0 Å². The average Bonchev–Trinajstić information content (AvgIpc) is 2.75. The molecule has 5 heteroatoms. The van der Waals surface area contributed by atoms with Crippen molar-refractivity contribution in [2.24, 2.45) is 0 Å². The molecule has 0 fully saturated rings. The summed E-state index contributed by atoms with van der Waals surface area (Å²) < 4.78 is 7.84. The van der Waals surface area contributed by atoms with Crippen molar-refractivity contribution in [2.75, 3.05) is 13.2 Å². The van der Waals surface area contributed by atoms with E-state index in [0.717, 1.165) is 23.3 Å². The van der Waals surface area contributed by atoms with Crippen molar-refractivity contribution in [1.82, 2.24) is 5.32 Å². The average molecular weight is 391 g/mol. The van der Waals surface area contributed by atoms with Gasteiger partial charge in [0.2, 0.25) is 0 Å². The van der Waals surface area contributed by atoms with Gasteiger partial charge in [-0.15, -0.1) is 11.3 Å². The lowest BCUT2D eigenvalue weighted by Crippen LogP contribution is -2.20. The Labute approximate surface area is 128 Å². The summed E-state index contributed by atoms with van der Waals surface area (Å²) in [4.78, 5) is 1.32. The van der Waals surface area contributed by atoms with Gasteiger partial charge in [0.25, 0.3) is 0 Å². The summed E-state index contributed by atoms with van der Waals surface area (Å²) in [7, 11) is 0. The zero-order valence-electron chi connectivity index (χ0n) is 9.66. The van der Waals surface area contributed by atoms with Crippen LogP contribution in [0, 0.1) is 0 Å². The van der Waals surface area contributed by atoms with Crippen molar-refractivity contribution in [3.63, 3.8) is 0 Å². The van der Waals surface area contributed by atoms with Crippen LogP contribution in [0.3, 0.4) is 0 Å². The number of ether oxygens (including phenoxy) is 1. The molecule has 0 saturated carbocycles. The number of hydrogen-bond acceptors (Lipinski definition) is 3. The van der Waals surface area contributed by atoms with Crippen LogP contribution in [0.4, 0.5) is 0 Å². The molecule has 2 nitrogen and oxygen atoms in total. The number of hydrogen-bond donors (Lipinski definition) is 1. The van der Waals surface area contributed by atoms with Gasteiger partial charge in [0.15, 0.2) is 0 Å². The van der Waals surface area contributed by atoms with E-state index in [1.807, 2.05) is 24.3 Å². The largest absolute Gasteiger partial charge is 0.492 e. The Kier molecular flexibility index (Phi) is 5.69. The molecule has 1 heterocycles. The molecular weight excluding hydrogens is 378 g/mol. The minimum absolute atomic E-state index is 0.670. The second-order valence-electron chi connectivity index (χ2n) is 3.69. The highest BCUT2D eigenvalue weighted by molar-refractivity contribution is 9.11. The van der Waals surface area contributed by atoms with Crippen LogP contribution in [-0.4, -0.2) is 13.2 Å². The molecule has 0 aliphatic carbocycles. The van der Waals surface area contributed by atoms with Gasteiger partial charge in [0.05, 0.1) is 3.79 Å². The van der Waals surface area contributed by atoms with E-state index in [1.165, 1.54) is 8.66 Å². The first-order valence-corrected chi connectivity index (χ1v) is 7.97. The summed E-state index contributed by atoms with van der Waals surface area (Å²) in [6.07, 6.45) is 0. The predicted octanol–water partition coefficient (Wildman–Crippen LogP) is 4.44. The Bertz CT molecular complexity index is 501. The van der Waals surface area contributed by atoms with Gasteiger partial charge in [0, 0.05) is 22.4 Å². The van der Waals surface area contributed by atoms with Gasteiger partial charge >= 0.3 is 0 Å². The second-order valence-corrected chi connectivity index (χ2v) is 7.15. The molecule has 0 aliphatic rings. The van der Waals surface area contributed by atoms with Gasteiger partial charge in [-0.1, -0.05) is 22.0 Å². The zero-order chi connectivity index (χ0) is 12.8. The van der Waals surface area contributed by atoms with Gasteiger partial charge < -0.3 is 10.1 Å². The van der Waals surface area contributed by atoms with Crippen LogP contribution < -0.4 is 10.1 Å². The SMILES string of the molecule is Brc1cccc(OCCNCc2ccc(Br)s2)c1. The third kappa shape index (κ3) is 4.72. The highest BCUT2D eigenvalue weighted by atomic mass is 79.9. The standard InChI is InChI=1S/C13H13Br2NOS/c14-10-2-1-3-11(8-10)17-7-6-16-9-12-4-5-13(15)18-12/h1-5,8,16H,6-7,9H2. The molecule has 1 aromatic carbocycles. The van der Waals surface area contributed by atoms with E-state index in [1.54, 1.807) is 11.3 Å². The summed E-state index contributed by atoms with van der Waals surface area (Å²) in [5.41, 5.74) is 0. The smallest absolute Gasteiger partial charge is 0.120 e. The minimum Gasteiger partial charge on any atom is -0.492 e. The quantitative estimate of drug-likeness (QED) is 0.736. The Morgan fingerprint density at radius 3 is 2.78 bits per heavy atom. The first kappa shape index (κ1) is 14.1. The van der Waals surface area contributed by atoms with Crippen LogP contribution in [0.25, 0.3) is 0 Å². The van der Waals surface area contributed by atoms with Crippen molar-refractivity contribution in [1.29, 1.82) is 0 Å². The van der Waals surface area contributed by atoms with Crippen LogP contribution >= 0.6 is 43.2 Å². The van der Waals surface area contributed by atoms with E-state index >= 15 is 0 Å². The summed E-state index contributed by atoms with van der Waals surface area (Å²) in [5, 5.41) is 3.35. The highest BCUT2D eigenvalue weighted by Crippen LogP contribution is 2.21. The van der Waals surface area contributed by atoms with Crippen molar-refractivity contribution >= 4 is 43.2 Å². The molecule has 0 amide bonds. The predicted molar refractivity (Wildman–Crippen MR) is 83.4 cm³/mol. The monoisotopic (exact) mass is 389 g/mol. The van der Waals surface area contributed by atoms with E-state index in [2.05, 4.69) is 49.3 Å². The maximum absolute atomic E-state index is 5.63. The number of thiophene rings is 1. The third-order valence-electron chi connectivity index (χ3n) is 2.27. The third-order valence-corrected chi connectivity index (χ3v) is 4.39. The van der Waals surface area contributed by atoms with Crippen molar-refractivity contribution in [2.45, 2.75) is 6.54 Å². The van der Waals surface area contributed by atoms with Crippen molar-refractivity contribution < 1.29 is 4.74 Å². The Morgan fingerprint density at radius 1 is 1.17 bits per heavy atom. The molecule has 0 radical (unpaired) electrons. The van der Waals surface area contributed by atoms with E-state index in [-0.39, 0.29) is 0 Å². The molecule has 0 aliphatic heterocycles. The maximum Gasteiger partial charge on any atom is 0.120 e. The Balaban J connectivity index is 1.64. The molecule has 18 heavy (non-hydrogen) atoms. The number of benzene rings is 1. The Morgan fingerprint density at radius 2 is 2.06 bits per heavy atom.